The molecule has 100 valence electrons. The summed E-state index contributed by atoms with van der Waals surface area (Å²) < 4.78 is 1.15. The minimum atomic E-state index is 0.486. The average Bonchev–Trinajstić information content (AvgIpc) is 2.42. The van der Waals surface area contributed by atoms with Gasteiger partial charge < -0.3 is 10.6 Å². The third-order valence-corrected chi connectivity index (χ3v) is 4.26. The molecule has 2 unspecified atom stereocenters. The van der Waals surface area contributed by atoms with E-state index in [9.17, 15) is 0 Å². The molecular formula is C15H23BrN2. The Kier molecular flexibility index (Phi) is 5.67. The lowest BCUT2D eigenvalue weighted by molar-refractivity contribution is 0.342. The lowest BCUT2D eigenvalue weighted by atomic mass is 9.98. The zero-order valence-electron chi connectivity index (χ0n) is 11.1. The quantitative estimate of drug-likeness (QED) is 0.870. The van der Waals surface area contributed by atoms with E-state index in [-0.39, 0.29) is 0 Å². The van der Waals surface area contributed by atoms with Crippen molar-refractivity contribution in [3.63, 3.8) is 0 Å². The van der Waals surface area contributed by atoms with Crippen molar-refractivity contribution in [1.29, 1.82) is 0 Å². The Morgan fingerprint density at radius 3 is 2.78 bits per heavy atom. The number of rotatable bonds is 5. The first kappa shape index (κ1) is 14.0. The minimum Gasteiger partial charge on any atom is -0.316 e. The Morgan fingerprint density at radius 2 is 2.17 bits per heavy atom. The van der Waals surface area contributed by atoms with E-state index in [2.05, 4.69) is 57.8 Å². The normalized spacial score (nSPS) is 21.8. The second kappa shape index (κ2) is 7.27. The van der Waals surface area contributed by atoms with Crippen molar-refractivity contribution in [2.24, 2.45) is 5.92 Å². The van der Waals surface area contributed by atoms with Crippen molar-refractivity contribution in [2.45, 2.75) is 32.2 Å². The molecule has 2 nitrogen and oxygen atoms in total. The summed E-state index contributed by atoms with van der Waals surface area (Å²) in [6.07, 6.45) is 3.82. The van der Waals surface area contributed by atoms with E-state index in [1.807, 2.05) is 0 Å². The topological polar surface area (TPSA) is 24.1 Å². The zero-order chi connectivity index (χ0) is 12.8. The number of hydrogen-bond acceptors (Lipinski definition) is 2. The van der Waals surface area contributed by atoms with Crippen LogP contribution in [0.25, 0.3) is 0 Å². The predicted octanol–water partition coefficient (Wildman–Crippen LogP) is 3.49. The maximum Gasteiger partial charge on any atom is 0.0317 e. The van der Waals surface area contributed by atoms with Gasteiger partial charge in [-0.25, -0.2) is 0 Å². The highest BCUT2D eigenvalue weighted by Gasteiger charge is 2.15. The standard InChI is InChI=1S/C15H23BrN2/c1-2-15(13-5-7-14(16)8-6-13)18-11-12-4-3-9-17-10-12/h5-8,12,15,17-18H,2-4,9-11H2,1H3. The van der Waals surface area contributed by atoms with Crippen LogP contribution in [0.2, 0.25) is 0 Å². The molecule has 1 aromatic carbocycles. The molecule has 1 saturated heterocycles. The van der Waals surface area contributed by atoms with Gasteiger partial charge in [0.05, 0.1) is 0 Å². The number of hydrogen-bond donors (Lipinski definition) is 2. The van der Waals surface area contributed by atoms with Crippen LogP contribution in [0.1, 0.15) is 37.8 Å². The van der Waals surface area contributed by atoms with E-state index in [1.54, 1.807) is 0 Å². The van der Waals surface area contributed by atoms with E-state index in [0.29, 0.717) is 6.04 Å². The van der Waals surface area contributed by atoms with Crippen molar-refractivity contribution in [1.82, 2.24) is 10.6 Å². The van der Waals surface area contributed by atoms with Crippen LogP contribution in [0, 0.1) is 5.92 Å². The van der Waals surface area contributed by atoms with Gasteiger partial charge in [0.1, 0.15) is 0 Å². The molecule has 2 rings (SSSR count). The molecular weight excluding hydrogens is 288 g/mol. The van der Waals surface area contributed by atoms with Crippen LogP contribution < -0.4 is 10.6 Å². The number of halogens is 1. The average molecular weight is 311 g/mol. The molecule has 2 N–H and O–H groups in total. The minimum absolute atomic E-state index is 0.486. The molecule has 0 saturated carbocycles. The van der Waals surface area contributed by atoms with Gasteiger partial charge in [-0.1, -0.05) is 35.0 Å². The third-order valence-electron chi connectivity index (χ3n) is 3.73. The monoisotopic (exact) mass is 310 g/mol. The van der Waals surface area contributed by atoms with Crippen LogP contribution in [0.4, 0.5) is 0 Å². The first-order valence-electron chi connectivity index (χ1n) is 6.99. The summed E-state index contributed by atoms with van der Waals surface area (Å²) in [5, 5.41) is 7.20. The lowest BCUT2D eigenvalue weighted by Crippen LogP contribution is -2.37. The largest absolute Gasteiger partial charge is 0.316 e. The second-order valence-corrected chi connectivity index (χ2v) is 6.05. The predicted molar refractivity (Wildman–Crippen MR) is 80.8 cm³/mol. The molecule has 0 radical (unpaired) electrons. The van der Waals surface area contributed by atoms with Crippen LogP contribution in [0.15, 0.2) is 28.7 Å². The van der Waals surface area contributed by atoms with Crippen molar-refractivity contribution in [3.8, 4) is 0 Å². The summed E-state index contributed by atoms with van der Waals surface area (Å²) in [6, 6.07) is 9.17. The molecule has 0 bridgehead atoms. The molecule has 1 fully saturated rings. The van der Waals surface area contributed by atoms with E-state index in [1.165, 1.54) is 31.5 Å². The highest BCUT2D eigenvalue weighted by atomic mass is 79.9. The molecule has 0 aliphatic carbocycles. The summed E-state index contributed by atoms with van der Waals surface area (Å²) in [4.78, 5) is 0. The van der Waals surface area contributed by atoms with E-state index >= 15 is 0 Å². The first-order valence-corrected chi connectivity index (χ1v) is 7.78. The number of nitrogens with one attached hydrogen (secondary N) is 2. The fraction of sp³-hybridized carbons (Fsp3) is 0.600. The number of piperidine rings is 1. The first-order chi connectivity index (χ1) is 8.79. The molecule has 2 atom stereocenters. The molecule has 1 aromatic rings. The van der Waals surface area contributed by atoms with Crippen molar-refractivity contribution in [2.75, 3.05) is 19.6 Å². The number of benzene rings is 1. The highest BCUT2D eigenvalue weighted by Crippen LogP contribution is 2.20. The molecule has 1 aliphatic heterocycles. The van der Waals surface area contributed by atoms with Crippen LogP contribution in [0.3, 0.4) is 0 Å². The van der Waals surface area contributed by atoms with Gasteiger partial charge in [-0.3, -0.25) is 0 Å². The van der Waals surface area contributed by atoms with Crippen molar-refractivity contribution in [3.05, 3.63) is 34.3 Å². The molecule has 0 aromatic heterocycles. The summed E-state index contributed by atoms with van der Waals surface area (Å²) in [6.45, 7) is 5.74. The van der Waals surface area contributed by atoms with Gasteiger partial charge in [-0.15, -0.1) is 0 Å². The van der Waals surface area contributed by atoms with Crippen LogP contribution >= 0.6 is 15.9 Å². The van der Waals surface area contributed by atoms with E-state index < -0.39 is 0 Å². The lowest BCUT2D eigenvalue weighted by Gasteiger charge is -2.26. The van der Waals surface area contributed by atoms with Crippen LogP contribution in [-0.4, -0.2) is 19.6 Å². The fourth-order valence-electron chi connectivity index (χ4n) is 2.60. The van der Waals surface area contributed by atoms with Gasteiger partial charge in [0.15, 0.2) is 0 Å². The molecule has 0 spiro atoms. The Bertz CT molecular complexity index is 344. The van der Waals surface area contributed by atoms with E-state index in [4.69, 9.17) is 0 Å². The molecule has 18 heavy (non-hydrogen) atoms. The molecule has 1 aliphatic rings. The Morgan fingerprint density at radius 1 is 1.39 bits per heavy atom. The van der Waals surface area contributed by atoms with Gasteiger partial charge in [0.25, 0.3) is 0 Å². The van der Waals surface area contributed by atoms with Gasteiger partial charge in [0.2, 0.25) is 0 Å². The summed E-state index contributed by atoms with van der Waals surface area (Å²) in [7, 11) is 0. The zero-order valence-corrected chi connectivity index (χ0v) is 12.7. The molecule has 3 heteroatoms. The highest BCUT2D eigenvalue weighted by molar-refractivity contribution is 9.10. The van der Waals surface area contributed by atoms with Gasteiger partial charge in [-0.05, 0) is 62.5 Å². The van der Waals surface area contributed by atoms with E-state index in [0.717, 1.165) is 23.4 Å². The third kappa shape index (κ3) is 4.08. The summed E-state index contributed by atoms with van der Waals surface area (Å²) >= 11 is 3.49. The van der Waals surface area contributed by atoms with Crippen LogP contribution in [0.5, 0.6) is 0 Å². The molecule has 0 amide bonds. The maximum absolute atomic E-state index is 3.72. The smallest absolute Gasteiger partial charge is 0.0317 e. The van der Waals surface area contributed by atoms with Crippen LogP contribution in [-0.2, 0) is 0 Å². The van der Waals surface area contributed by atoms with Gasteiger partial charge >= 0.3 is 0 Å². The van der Waals surface area contributed by atoms with Gasteiger partial charge in [-0.2, -0.15) is 0 Å². The summed E-state index contributed by atoms with van der Waals surface area (Å²) in [5.41, 5.74) is 1.39. The summed E-state index contributed by atoms with van der Waals surface area (Å²) in [5.74, 6) is 0.795. The van der Waals surface area contributed by atoms with Crippen molar-refractivity contribution < 1.29 is 0 Å². The Balaban J connectivity index is 1.86. The SMILES string of the molecule is CCC(NCC1CCCNC1)c1ccc(Br)cc1. The van der Waals surface area contributed by atoms with Crippen molar-refractivity contribution >= 4 is 15.9 Å². The fourth-order valence-corrected chi connectivity index (χ4v) is 2.86. The second-order valence-electron chi connectivity index (χ2n) is 5.13. The Hall–Kier alpha value is -0.380. The maximum atomic E-state index is 3.72. The van der Waals surface area contributed by atoms with Gasteiger partial charge in [0, 0.05) is 10.5 Å². The Labute approximate surface area is 119 Å². The molecule has 1 heterocycles.